The Morgan fingerprint density at radius 2 is 0.661 bits per heavy atom. The first-order chi connectivity index (χ1) is 29.2. The second-order valence-electron chi connectivity index (χ2n) is 14.2. The molecule has 2 aliphatic rings. The van der Waals surface area contributed by atoms with Crippen LogP contribution in [0.3, 0.4) is 0 Å². The first-order valence-corrected chi connectivity index (χ1v) is 19.4. The van der Waals surface area contributed by atoms with E-state index in [9.17, 15) is 0 Å². The molecule has 11 rings (SSSR count). The van der Waals surface area contributed by atoms with Gasteiger partial charge in [-0.25, -0.2) is 4.98 Å². The van der Waals surface area contributed by atoms with Gasteiger partial charge < -0.3 is 14.4 Å². The minimum Gasteiger partial charge on any atom is -0.453 e. The highest BCUT2D eigenvalue weighted by atomic mass is 16.5. The smallest absolute Gasteiger partial charge is 0.151 e. The predicted molar refractivity (Wildman–Crippen MR) is 235 cm³/mol. The van der Waals surface area contributed by atoms with E-state index in [4.69, 9.17) is 14.5 Å². The summed E-state index contributed by atoms with van der Waals surface area (Å²) in [5.74, 6) is 4.42. The molecular weight excluding hydrogens is 729 g/mol. The van der Waals surface area contributed by atoms with Gasteiger partial charge in [-0.05, 0) is 119 Å². The highest BCUT2D eigenvalue weighted by Gasteiger charge is 2.31. The van der Waals surface area contributed by atoms with Crippen LogP contribution >= 0.6 is 0 Å². The minimum atomic E-state index is 0.717. The number of pyridine rings is 3. The number of hydrogen-bond acceptors (Lipinski definition) is 8. The lowest BCUT2D eigenvalue weighted by Gasteiger charge is -2.36. The maximum atomic E-state index is 6.47. The Labute approximate surface area is 341 Å². The van der Waals surface area contributed by atoms with Crippen molar-refractivity contribution in [2.45, 2.75) is 0 Å². The molecule has 280 valence electrons. The van der Waals surface area contributed by atoms with Crippen LogP contribution in [0.5, 0.6) is 23.0 Å². The fourth-order valence-electron chi connectivity index (χ4n) is 7.89. The molecule has 2 aliphatic heterocycles. The number of aromatic nitrogens is 3. The van der Waals surface area contributed by atoms with Crippen LogP contribution in [-0.4, -0.2) is 15.0 Å². The highest BCUT2D eigenvalue weighted by molar-refractivity contribution is 5.92. The molecule has 9 aromatic rings. The fourth-order valence-corrected chi connectivity index (χ4v) is 7.89. The third-order valence-corrected chi connectivity index (χ3v) is 10.6. The van der Waals surface area contributed by atoms with Crippen molar-refractivity contribution in [2.75, 3.05) is 14.7 Å². The molecule has 0 aliphatic carbocycles. The lowest BCUT2D eigenvalue weighted by Crippen LogP contribution is -2.21. The summed E-state index contributed by atoms with van der Waals surface area (Å²) in [6, 6.07) is 62.2. The normalized spacial score (nSPS) is 12.3. The van der Waals surface area contributed by atoms with Gasteiger partial charge in [0, 0.05) is 48.3 Å². The van der Waals surface area contributed by atoms with E-state index in [1.165, 1.54) is 0 Å². The highest BCUT2D eigenvalue weighted by Crippen LogP contribution is 2.54. The lowest BCUT2D eigenvalue weighted by atomic mass is 10.0. The van der Waals surface area contributed by atoms with Crippen LogP contribution in [0.15, 0.2) is 207 Å². The SMILES string of the molecule is c1ccc2c(c1)Oc1ccccc1N2c1cc(N(c2ccc(-c3ccncc3)cc2)c2ccc(-c3ccncc3)cc2)cc(N2c3ccccc3Oc3ccccc32)n1. The van der Waals surface area contributed by atoms with Crippen LogP contribution in [0.25, 0.3) is 22.3 Å². The standard InChI is InChI=1S/C51H34N6O2/c1-5-13-46-42(9-1)56(43-10-2-6-14-47(43)58-46)50-33-41(34-51(54-50)57-44-11-3-7-15-48(44)59-49-16-8-4-12-45(49)57)55(39-21-17-35(18-22-39)37-25-29-52-30-26-37)40-23-19-36(20-24-40)38-27-31-53-32-28-38/h1-34H. The lowest BCUT2D eigenvalue weighted by molar-refractivity contribution is 0.476. The molecule has 0 N–H and O–H groups in total. The second-order valence-corrected chi connectivity index (χ2v) is 14.2. The van der Waals surface area contributed by atoms with Gasteiger partial charge in [-0.3, -0.25) is 19.8 Å². The third kappa shape index (κ3) is 6.16. The molecule has 6 aromatic carbocycles. The van der Waals surface area contributed by atoms with E-state index in [0.717, 1.165) is 85.1 Å². The predicted octanol–water partition coefficient (Wildman–Crippen LogP) is 13.8. The number of ether oxygens (including phenoxy) is 2. The molecule has 0 atom stereocenters. The fraction of sp³-hybridized carbons (Fsp3) is 0. The summed E-state index contributed by atoms with van der Waals surface area (Å²) in [5, 5.41) is 0. The van der Waals surface area contributed by atoms with Crippen molar-refractivity contribution in [1.29, 1.82) is 0 Å². The van der Waals surface area contributed by atoms with Gasteiger partial charge >= 0.3 is 0 Å². The zero-order valence-electron chi connectivity index (χ0n) is 31.6. The van der Waals surface area contributed by atoms with Gasteiger partial charge in [0.05, 0.1) is 28.4 Å². The van der Waals surface area contributed by atoms with Crippen molar-refractivity contribution in [1.82, 2.24) is 15.0 Å². The Kier molecular flexibility index (Phi) is 8.29. The van der Waals surface area contributed by atoms with Crippen molar-refractivity contribution >= 4 is 51.4 Å². The summed E-state index contributed by atoms with van der Waals surface area (Å²) in [6.07, 6.45) is 7.29. The molecule has 0 bridgehead atoms. The Morgan fingerprint density at radius 1 is 0.339 bits per heavy atom. The molecule has 8 heteroatoms. The first-order valence-electron chi connectivity index (χ1n) is 19.4. The van der Waals surface area contributed by atoms with Crippen molar-refractivity contribution in [3.63, 3.8) is 0 Å². The van der Waals surface area contributed by atoms with Gasteiger partial charge in [0.1, 0.15) is 11.6 Å². The van der Waals surface area contributed by atoms with Gasteiger partial charge in [0.25, 0.3) is 0 Å². The van der Waals surface area contributed by atoms with Crippen molar-refractivity contribution in [2.24, 2.45) is 0 Å². The van der Waals surface area contributed by atoms with Crippen molar-refractivity contribution in [3.8, 4) is 45.3 Å². The Bertz CT molecular complexity index is 2670. The van der Waals surface area contributed by atoms with Crippen LogP contribution in [0.2, 0.25) is 0 Å². The van der Waals surface area contributed by atoms with Crippen LogP contribution < -0.4 is 24.2 Å². The molecule has 0 amide bonds. The maximum Gasteiger partial charge on any atom is 0.151 e. The second kappa shape index (κ2) is 14.4. The van der Waals surface area contributed by atoms with Gasteiger partial charge in [-0.1, -0.05) is 72.8 Å². The number of para-hydroxylation sites is 8. The summed E-state index contributed by atoms with van der Waals surface area (Å²) >= 11 is 0. The van der Waals surface area contributed by atoms with Gasteiger partial charge in [-0.2, -0.15) is 0 Å². The van der Waals surface area contributed by atoms with Crippen molar-refractivity contribution < 1.29 is 9.47 Å². The maximum absolute atomic E-state index is 6.47. The van der Waals surface area contributed by atoms with E-state index in [1.54, 1.807) is 0 Å². The van der Waals surface area contributed by atoms with Crippen LogP contribution in [-0.2, 0) is 0 Å². The number of rotatable bonds is 7. The van der Waals surface area contributed by atoms with E-state index >= 15 is 0 Å². The first kappa shape index (κ1) is 34.1. The molecule has 0 spiro atoms. The van der Waals surface area contributed by atoms with E-state index in [0.29, 0.717) is 11.6 Å². The van der Waals surface area contributed by atoms with Gasteiger partial charge in [0.15, 0.2) is 23.0 Å². The molecule has 59 heavy (non-hydrogen) atoms. The molecule has 5 heterocycles. The molecule has 0 fully saturated rings. The largest absolute Gasteiger partial charge is 0.453 e. The number of hydrogen-bond donors (Lipinski definition) is 0. The number of benzene rings is 6. The minimum absolute atomic E-state index is 0.717. The summed E-state index contributed by atoms with van der Waals surface area (Å²) < 4.78 is 12.9. The number of anilines is 9. The number of nitrogens with zero attached hydrogens (tertiary/aromatic N) is 6. The summed E-state index contributed by atoms with van der Waals surface area (Å²) in [7, 11) is 0. The molecule has 3 aromatic heterocycles. The Hall–Kier alpha value is -8.23. The quantitative estimate of drug-likeness (QED) is 0.159. The van der Waals surface area contributed by atoms with Crippen LogP contribution in [0.1, 0.15) is 0 Å². The number of fused-ring (bicyclic) bond motifs is 4. The van der Waals surface area contributed by atoms with E-state index in [-0.39, 0.29) is 0 Å². The molecule has 0 radical (unpaired) electrons. The molecular formula is C51H34N6O2. The topological polar surface area (TPSA) is 66.9 Å². The molecule has 0 unspecified atom stereocenters. The summed E-state index contributed by atoms with van der Waals surface area (Å²) in [6.45, 7) is 0. The van der Waals surface area contributed by atoms with Crippen LogP contribution in [0, 0.1) is 0 Å². The zero-order valence-corrected chi connectivity index (χ0v) is 31.6. The van der Waals surface area contributed by atoms with Gasteiger partial charge in [-0.15, -0.1) is 0 Å². The average Bonchev–Trinajstić information content (AvgIpc) is 3.31. The van der Waals surface area contributed by atoms with E-state index in [1.807, 2.05) is 122 Å². The Balaban J connectivity index is 1.16. The van der Waals surface area contributed by atoms with Gasteiger partial charge in [0.2, 0.25) is 0 Å². The zero-order chi connectivity index (χ0) is 39.1. The monoisotopic (exact) mass is 762 g/mol. The molecule has 0 saturated heterocycles. The van der Waals surface area contributed by atoms with Crippen LogP contribution in [0.4, 0.5) is 51.4 Å². The third-order valence-electron chi connectivity index (χ3n) is 10.6. The van der Waals surface area contributed by atoms with Crippen molar-refractivity contribution in [3.05, 3.63) is 207 Å². The van der Waals surface area contributed by atoms with E-state index in [2.05, 4.69) is 110 Å². The summed E-state index contributed by atoms with van der Waals surface area (Å²) in [5.41, 5.74) is 10.8. The van der Waals surface area contributed by atoms with E-state index < -0.39 is 0 Å². The summed E-state index contributed by atoms with van der Waals surface area (Å²) in [4.78, 5) is 20.7. The Morgan fingerprint density at radius 3 is 1.02 bits per heavy atom. The molecule has 8 nitrogen and oxygen atoms in total. The molecule has 0 saturated carbocycles. The average molecular weight is 763 g/mol.